The van der Waals surface area contributed by atoms with Crippen LogP contribution < -0.4 is 10.2 Å². The van der Waals surface area contributed by atoms with Gasteiger partial charge in [0, 0.05) is 25.5 Å². The lowest BCUT2D eigenvalue weighted by Crippen LogP contribution is -2.25. The largest absolute Gasteiger partial charge is 0.378 e. The molecule has 1 aliphatic rings. The number of allylic oxidation sites excluding steroid dienone is 3. The molecule has 23 heavy (non-hydrogen) atoms. The molecule has 0 aromatic heterocycles. The molecule has 0 radical (unpaired) electrons. The van der Waals surface area contributed by atoms with E-state index in [2.05, 4.69) is 5.32 Å². The fraction of sp³-hybridized carbons (Fsp3) is 0.125. The zero-order valence-corrected chi connectivity index (χ0v) is 13.1. The first-order chi connectivity index (χ1) is 10.9. The average molecular weight is 327 g/mol. The minimum Gasteiger partial charge on any atom is -0.378 e. The molecule has 2 rings (SSSR count). The highest BCUT2D eigenvalue weighted by molar-refractivity contribution is 6.50. The summed E-state index contributed by atoms with van der Waals surface area (Å²) in [5, 5.41) is 20.3. The predicted molar refractivity (Wildman–Crippen MR) is 85.5 cm³/mol. The molecule has 0 saturated carbocycles. The highest BCUT2D eigenvalue weighted by atomic mass is 35.5. The van der Waals surface area contributed by atoms with Crippen molar-refractivity contribution in [3.05, 3.63) is 46.1 Å². The lowest BCUT2D eigenvalue weighted by atomic mass is 9.94. The predicted octanol–water partition coefficient (Wildman–Crippen LogP) is 2.11. The minimum absolute atomic E-state index is 0.204. The van der Waals surface area contributed by atoms with E-state index in [4.69, 9.17) is 22.1 Å². The van der Waals surface area contributed by atoms with Crippen LogP contribution in [0.1, 0.15) is 0 Å². The van der Waals surface area contributed by atoms with E-state index in [1.165, 1.54) is 0 Å². The minimum atomic E-state index is -0.835. The SMILES string of the molecule is CN(C)c1ccc(NC2=C(Cl)C(=O)C(C#N)=C(C#N)C2=O)cc1. The topological polar surface area (TPSA) is 97.0 Å². The van der Waals surface area contributed by atoms with Crippen LogP contribution >= 0.6 is 11.6 Å². The second-order valence-corrected chi connectivity index (χ2v) is 5.27. The van der Waals surface area contributed by atoms with E-state index in [0.29, 0.717) is 5.69 Å². The average Bonchev–Trinajstić information content (AvgIpc) is 2.55. The van der Waals surface area contributed by atoms with Gasteiger partial charge in [0.15, 0.2) is 0 Å². The van der Waals surface area contributed by atoms with Gasteiger partial charge in [-0.2, -0.15) is 10.5 Å². The summed E-state index contributed by atoms with van der Waals surface area (Å²) in [7, 11) is 3.77. The summed E-state index contributed by atoms with van der Waals surface area (Å²) in [5.41, 5.74) is 0.240. The zero-order chi connectivity index (χ0) is 17.1. The molecule has 6 nitrogen and oxygen atoms in total. The number of ketones is 2. The Morgan fingerprint density at radius 2 is 1.52 bits per heavy atom. The van der Waals surface area contributed by atoms with Gasteiger partial charge in [0.2, 0.25) is 11.6 Å². The van der Waals surface area contributed by atoms with Crippen molar-refractivity contribution in [3.63, 3.8) is 0 Å². The molecule has 1 aromatic carbocycles. The normalized spacial score (nSPS) is 14.5. The number of Topliss-reactive ketones (excluding diaryl/α,β-unsaturated/α-hetero) is 2. The fourth-order valence-electron chi connectivity index (χ4n) is 1.99. The van der Waals surface area contributed by atoms with Crippen molar-refractivity contribution in [3.8, 4) is 12.1 Å². The van der Waals surface area contributed by atoms with Crippen molar-refractivity contribution in [1.82, 2.24) is 0 Å². The van der Waals surface area contributed by atoms with E-state index >= 15 is 0 Å². The van der Waals surface area contributed by atoms with Gasteiger partial charge in [0.25, 0.3) is 0 Å². The number of halogens is 1. The van der Waals surface area contributed by atoms with Crippen molar-refractivity contribution in [1.29, 1.82) is 10.5 Å². The number of rotatable bonds is 3. The van der Waals surface area contributed by atoms with Crippen LogP contribution in [0.4, 0.5) is 11.4 Å². The maximum Gasteiger partial charge on any atom is 0.222 e. The molecule has 1 aliphatic carbocycles. The molecule has 0 unspecified atom stereocenters. The molecule has 1 N–H and O–H groups in total. The third kappa shape index (κ3) is 2.94. The summed E-state index contributed by atoms with van der Waals surface area (Å²) in [6.07, 6.45) is 0. The summed E-state index contributed by atoms with van der Waals surface area (Å²) < 4.78 is 0. The maximum absolute atomic E-state index is 12.3. The molecule has 0 spiro atoms. The molecule has 0 aliphatic heterocycles. The monoisotopic (exact) mass is 326 g/mol. The van der Waals surface area contributed by atoms with E-state index in [1.807, 2.05) is 31.1 Å². The maximum atomic E-state index is 12.3. The molecule has 7 heteroatoms. The van der Waals surface area contributed by atoms with Crippen LogP contribution in [0, 0.1) is 22.7 Å². The summed E-state index contributed by atoms with van der Waals surface area (Å²) in [6.45, 7) is 0. The van der Waals surface area contributed by atoms with E-state index in [-0.39, 0.29) is 5.70 Å². The van der Waals surface area contributed by atoms with Crippen molar-refractivity contribution >= 4 is 34.5 Å². The zero-order valence-electron chi connectivity index (χ0n) is 12.3. The molecule has 0 amide bonds. The van der Waals surface area contributed by atoms with Gasteiger partial charge in [-0.15, -0.1) is 0 Å². The molecule has 0 bridgehead atoms. The highest BCUT2D eigenvalue weighted by Gasteiger charge is 2.34. The number of carbonyl (C=O) groups excluding carboxylic acids is 2. The first-order valence-corrected chi connectivity index (χ1v) is 6.86. The number of benzene rings is 1. The lowest BCUT2D eigenvalue weighted by Gasteiger charge is -2.17. The third-order valence-corrected chi connectivity index (χ3v) is 3.59. The Bertz CT molecular complexity index is 836. The molecular weight excluding hydrogens is 316 g/mol. The number of hydrogen-bond acceptors (Lipinski definition) is 6. The third-order valence-electron chi connectivity index (χ3n) is 3.23. The Balaban J connectivity index is 2.39. The first-order valence-electron chi connectivity index (χ1n) is 6.48. The van der Waals surface area contributed by atoms with Crippen LogP contribution in [0.15, 0.2) is 46.1 Å². The molecule has 0 atom stereocenters. The standard InChI is InChI=1S/C16H11ClN4O2/c1-21(2)10-5-3-9(4-6-10)20-14-13(17)15(22)11(7-18)12(8-19)16(14)23/h3-6,20H,1-2H3. The van der Waals surface area contributed by atoms with Crippen LogP contribution in [0.3, 0.4) is 0 Å². The van der Waals surface area contributed by atoms with Gasteiger partial charge < -0.3 is 10.2 Å². The van der Waals surface area contributed by atoms with E-state index in [1.54, 1.807) is 24.3 Å². The van der Waals surface area contributed by atoms with Gasteiger partial charge in [-0.25, -0.2) is 0 Å². The Morgan fingerprint density at radius 1 is 1.00 bits per heavy atom. The number of nitrogens with zero attached hydrogens (tertiary/aromatic N) is 3. The van der Waals surface area contributed by atoms with E-state index in [0.717, 1.165) is 5.69 Å². The molecule has 0 fully saturated rings. The highest BCUT2D eigenvalue weighted by Crippen LogP contribution is 2.28. The van der Waals surface area contributed by atoms with Gasteiger partial charge in [-0.05, 0) is 24.3 Å². The van der Waals surface area contributed by atoms with Crippen molar-refractivity contribution in [2.45, 2.75) is 0 Å². The number of hydrogen-bond donors (Lipinski definition) is 1. The van der Waals surface area contributed by atoms with Gasteiger partial charge in [0.05, 0.1) is 0 Å². The van der Waals surface area contributed by atoms with Gasteiger partial charge >= 0.3 is 0 Å². The summed E-state index contributed by atoms with van der Waals surface area (Å²) in [6, 6.07) is 10.2. The molecule has 1 aromatic rings. The van der Waals surface area contributed by atoms with E-state index < -0.39 is 27.7 Å². The second-order valence-electron chi connectivity index (χ2n) is 4.89. The van der Waals surface area contributed by atoms with Crippen LogP contribution in [0.25, 0.3) is 0 Å². The van der Waals surface area contributed by atoms with Crippen LogP contribution in [0.5, 0.6) is 0 Å². The Labute approximate surface area is 137 Å². The summed E-state index contributed by atoms with van der Waals surface area (Å²) in [4.78, 5) is 26.2. The Kier molecular flexibility index (Phi) is 4.49. The summed E-state index contributed by atoms with van der Waals surface area (Å²) >= 11 is 5.90. The second kappa shape index (κ2) is 6.35. The van der Waals surface area contributed by atoms with Crippen LogP contribution in [-0.2, 0) is 9.59 Å². The van der Waals surface area contributed by atoms with Crippen molar-refractivity contribution in [2.75, 3.05) is 24.3 Å². The number of carbonyl (C=O) groups is 2. The Hall–Kier alpha value is -3.09. The van der Waals surface area contributed by atoms with Gasteiger partial charge in [-0.1, -0.05) is 11.6 Å². The summed E-state index contributed by atoms with van der Waals surface area (Å²) in [5.74, 6) is -1.61. The first kappa shape index (κ1) is 16.3. The molecule has 114 valence electrons. The van der Waals surface area contributed by atoms with Crippen molar-refractivity contribution in [2.24, 2.45) is 0 Å². The molecule has 0 saturated heterocycles. The number of nitrogens with one attached hydrogen (secondary N) is 1. The Morgan fingerprint density at radius 3 is 2.00 bits per heavy atom. The number of anilines is 2. The molecular formula is C16H11ClN4O2. The van der Waals surface area contributed by atoms with E-state index in [9.17, 15) is 9.59 Å². The van der Waals surface area contributed by atoms with Gasteiger partial charge in [0.1, 0.15) is 34.0 Å². The fourth-order valence-corrected chi connectivity index (χ4v) is 2.21. The quantitative estimate of drug-likeness (QED) is 0.854. The van der Waals surface area contributed by atoms with Gasteiger partial charge in [-0.3, -0.25) is 9.59 Å². The van der Waals surface area contributed by atoms with Crippen LogP contribution in [-0.4, -0.2) is 25.7 Å². The van der Waals surface area contributed by atoms with Crippen molar-refractivity contribution < 1.29 is 9.59 Å². The molecule has 0 heterocycles. The number of nitriles is 2. The smallest absolute Gasteiger partial charge is 0.222 e. The lowest BCUT2D eigenvalue weighted by molar-refractivity contribution is -0.115. The van der Waals surface area contributed by atoms with Crippen LogP contribution in [0.2, 0.25) is 0 Å².